The summed E-state index contributed by atoms with van der Waals surface area (Å²) in [7, 11) is 0. The Morgan fingerprint density at radius 1 is 1.22 bits per heavy atom. The summed E-state index contributed by atoms with van der Waals surface area (Å²) in [6.07, 6.45) is 5.41. The van der Waals surface area contributed by atoms with E-state index in [0.29, 0.717) is 43.4 Å². The van der Waals surface area contributed by atoms with E-state index in [-0.39, 0.29) is 6.54 Å². The fourth-order valence-corrected chi connectivity index (χ4v) is 4.55. The molecule has 0 spiro atoms. The summed E-state index contributed by atoms with van der Waals surface area (Å²) in [5.41, 5.74) is 4.21. The van der Waals surface area contributed by atoms with Crippen molar-refractivity contribution < 1.29 is 14.0 Å². The molecule has 2 aromatic heterocycles. The van der Waals surface area contributed by atoms with E-state index in [0.717, 1.165) is 42.8 Å². The van der Waals surface area contributed by atoms with E-state index in [9.17, 15) is 14.9 Å². The van der Waals surface area contributed by atoms with Crippen LogP contribution in [0.15, 0.2) is 22.8 Å². The molecule has 1 aliphatic carbocycles. The van der Waals surface area contributed by atoms with Crippen molar-refractivity contribution in [2.24, 2.45) is 5.92 Å². The standard InChI is InChI=1S/C24H29N5O3/c1-16(2)13-21-19-7-3-6-18(19)20(14-25)22(27-21)28-8-10-29(11-9-28)24(31)23(30)26-15-17-5-4-12-32-17/h4-5,12,16H,3,6-11,13,15H2,1-2H3,(H,26,30). The molecule has 0 atom stereocenters. The van der Waals surface area contributed by atoms with Gasteiger partial charge in [0.05, 0.1) is 18.4 Å². The third-order valence-electron chi connectivity index (χ3n) is 6.11. The highest BCUT2D eigenvalue weighted by molar-refractivity contribution is 6.35. The molecular formula is C24H29N5O3. The Kier molecular flexibility index (Phi) is 6.45. The van der Waals surface area contributed by atoms with Crippen molar-refractivity contribution in [3.05, 3.63) is 46.5 Å². The summed E-state index contributed by atoms with van der Waals surface area (Å²) in [6.45, 7) is 6.45. The molecule has 2 aliphatic rings. The zero-order valence-electron chi connectivity index (χ0n) is 18.7. The Labute approximate surface area is 188 Å². The van der Waals surface area contributed by atoms with Crippen LogP contribution in [-0.2, 0) is 35.4 Å². The highest BCUT2D eigenvalue weighted by atomic mass is 16.3. The van der Waals surface area contributed by atoms with Gasteiger partial charge in [0, 0.05) is 31.9 Å². The minimum Gasteiger partial charge on any atom is -0.467 e. The molecule has 1 N–H and O–H groups in total. The Hall–Kier alpha value is -3.34. The Balaban J connectivity index is 1.44. The lowest BCUT2D eigenvalue weighted by atomic mass is 9.97. The number of nitrogens with zero attached hydrogens (tertiary/aromatic N) is 4. The summed E-state index contributed by atoms with van der Waals surface area (Å²) in [5.74, 6) is 0.641. The van der Waals surface area contributed by atoms with Gasteiger partial charge in [0.25, 0.3) is 0 Å². The van der Waals surface area contributed by atoms with Crippen LogP contribution in [0.2, 0.25) is 0 Å². The number of hydrogen-bond donors (Lipinski definition) is 1. The van der Waals surface area contributed by atoms with Crippen molar-refractivity contribution in [2.75, 3.05) is 31.1 Å². The molecule has 2 aromatic rings. The van der Waals surface area contributed by atoms with Crippen LogP contribution in [0.4, 0.5) is 5.82 Å². The van der Waals surface area contributed by atoms with Crippen LogP contribution in [0.5, 0.6) is 0 Å². The SMILES string of the molecule is CC(C)Cc1nc(N2CCN(C(=O)C(=O)NCc3ccco3)CC2)c(C#N)c2c1CCC2. The molecule has 0 unspecified atom stereocenters. The van der Waals surface area contributed by atoms with Crippen LogP contribution < -0.4 is 10.2 Å². The van der Waals surface area contributed by atoms with Crippen molar-refractivity contribution in [3.8, 4) is 6.07 Å². The first-order valence-corrected chi connectivity index (χ1v) is 11.3. The Morgan fingerprint density at radius 3 is 2.62 bits per heavy atom. The van der Waals surface area contributed by atoms with Crippen LogP contribution in [0, 0.1) is 17.2 Å². The van der Waals surface area contributed by atoms with Crippen molar-refractivity contribution >= 4 is 17.6 Å². The summed E-state index contributed by atoms with van der Waals surface area (Å²) in [5, 5.41) is 12.5. The number of nitriles is 1. The number of anilines is 1. The largest absolute Gasteiger partial charge is 0.467 e. The minimum absolute atomic E-state index is 0.181. The van der Waals surface area contributed by atoms with Crippen LogP contribution in [0.25, 0.3) is 0 Å². The van der Waals surface area contributed by atoms with E-state index in [2.05, 4.69) is 30.1 Å². The summed E-state index contributed by atoms with van der Waals surface area (Å²) < 4.78 is 5.18. The number of fused-ring (bicyclic) bond motifs is 1. The lowest BCUT2D eigenvalue weighted by Crippen LogP contribution is -2.53. The van der Waals surface area contributed by atoms with Gasteiger partial charge < -0.3 is 19.5 Å². The quantitative estimate of drug-likeness (QED) is 0.723. The predicted molar refractivity (Wildman–Crippen MR) is 119 cm³/mol. The molecule has 0 saturated carbocycles. The normalized spacial score (nSPS) is 15.6. The second kappa shape index (κ2) is 9.43. The van der Waals surface area contributed by atoms with Gasteiger partial charge in [-0.3, -0.25) is 9.59 Å². The average Bonchev–Trinajstić information content (AvgIpc) is 3.49. The molecule has 1 saturated heterocycles. The van der Waals surface area contributed by atoms with Gasteiger partial charge in [-0.05, 0) is 54.9 Å². The highest BCUT2D eigenvalue weighted by Gasteiger charge is 2.30. The van der Waals surface area contributed by atoms with Crippen LogP contribution >= 0.6 is 0 Å². The van der Waals surface area contributed by atoms with Gasteiger partial charge in [0.1, 0.15) is 17.6 Å². The summed E-state index contributed by atoms with van der Waals surface area (Å²) >= 11 is 0. The van der Waals surface area contributed by atoms with Crippen molar-refractivity contribution in [1.82, 2.24) is 15.2 Å². The molecule has 0 radical (unpaired) electrons. The number of carbonyl (C=O) groups excluding carboxylic acids is 2. The van der Waals surface area contributed by atoms with Crippen molar-refractivity contribution in [1.29, 1.82) is 5.26 Å². The maximum absolute atomic E-state index is 12.5. The molecule has 0 aromatic carbocycles. The van der Waals surface area contributed by atoms with E-state index in [1.807, 2.05) is 0 Å². The van der Waals surface area contributed by atoms with E-state index in [1.54, 1.807) is 17.0 Å². The number of piperazine rings is 1. The number of amides is 2. The zero-order chi connectivity index (χ0) is 22.7. The van der Waals surface area contributed by atoms with Crippen LogP contribution in [0.3, 0.4) is 0 Å². The van der Waals surface area contributed by atoms with Gasteiger partial charge in [-0.15, -0.1) is 0 Å². The lowest BCUT2D eigenvalue weighted by Gasteiger charge is -2.36. The van der Waals surface area contributed by atoms with Gasteiger partial charge in [0.15, 0.2) is 0 Å². The second-order valence-electron chi connectivity index (χ2n) is 8.82. The maximum atomic E-state index is 12.5. The second-order valence-corrected chi connectivity index (χ2v) is 8.82. The number of furan rings is 1. The molecule has 8 nitrogen and oxygen atoms in total. The molecule has 8 heteroatoms. The van der Waals surface area contributed by atoms with Gasteiger partial charge in [0.2, 0.25) is 0 Å². The first-order valence-electron chi connectivity index (χ1n) is 11.3. The molecule has 32 heavy (non-hydrogen) atoms. The smallest absolute Gasteiger partial charge is 0.312 e. The molecule has 1 fully saturated rings. The molecule has 3 heterocycles. The van der Waals surface area contributed by atoms with Crippen molar-refractivity contribution in [2.45, 2.75) is 46.1 Å². The third-order valence-corrected chi connectivity index (χ3v) is 6.11. The fourth-order valence-electron chi connectivity index (χ4n) is 4.55. The molecule has 168 valence electrons. The predicted octanol–water partition coefficient (Wildman–Crippen LogP) is 2.20. The Bertz CT molecular complexity index is 1030. The number of carbonyl (C=O) groups is 2. The van der Waals surface area contributed by atoms with Gasteiger partial charge in [-0.25, -0.2) is 4.98 Å². The fraction of sp³-hybridized carbons (Fsp3) is 0.500. The topological polar surface area (TPSA) is 102 Å². The highest BCUT2D eigenvalue weighted by Crippen LogP contribution is 2.34. The molecule has 1 aliphatic heterocycles. The van der Waals surface area contributed by atoms with Gasteiger partial charge in [-0.2, -0.15) is 5.26 Å². The zero-order valence-corrected chi connectivity index (χ0v) is 18.7. The van der Waals surface area contributed by atoms with Crippen LogP contribution in [-0.4, -0.2) is 47.9 Å². The average molecular weight is 436 g/mol. The summed E-state index contributed by atoms with van der Waals surface area (Å²) in [6, 6.07) is 5.88. The van der Waals surface area contributed by atoms with E-state index in [1.165, 1.54) is 11.8 Å². The number of rotatable bonds is 5. The van der Waals surface area contributed by atoms with Crippen molar-refractivity contribution in [3.63, 3.8) is 0 Å². The monoisotopic (exact) mass is 435 g/mol. The van der Waals surface area contributed by atoms with Crippen LogP contribution in [0.1, 0.15) is 48.4 Å². The first kappa shape index (κ1) is 21.9. The molecule has 4 rings (SSSR count). The summed E-state index contributed by atoms with van der Waals surface area (Å²) in [4.78, 5) is 33.4. The number of pyridine rings is 1. The first-order chi connectivity index (χ1) is 15.5. The van der Waals surface area contributed by atoms with Gasteiger partial charge in [-0.1, -0.05) is 13.8 Å². The lowest BCUT2D eigenvalue weighted by molar-refractivity contribution is -0.146. The molecule has 2 amide bonds. The van der Waals surface area contributed by atoms with Gasteiger partial charge >= 0.3 is 11.8 Å². The molecular weight excluding hydrogens is 406 g/mol. The Morgan fingerprint density at radius 2 is 1.97 bits per heavy atom. The maximum Gasteiger partial charge on any atom is 0.312 e. The minimum atomic E-state index is -0.637. The molecule has 0 bridgehead atoms. The number of nitrogens with one attached hydrogen (secondary N) is 1. The third kappa shape index (κ3) is 4.47. The number of aromatic nitrogens is 1. The van der Waals surface area contributed by atoms with E-state index >= 15 is 0 Å². The van der Waals surface area contributed by atoms with E-state index in [4.69, 9.17) is 9.40 Å². The van der Waals surface area contributed by atoms with E-state index < -0.39 is 11.8 Å². The number of hydrogen-bond acceptors (Lipinski definition) is 6.